The summed E-state index contributed by atoms with van der Waals surface area (Å²) in [6, 6.07) is 9.64. The minimum Gasteiger partial charge on any atom is -0.457 e. The third-order valence-electron chi connectivity index (χ3n) is 2.46. The van der Waals surface area contributed by atoms with Gasteiger partial charge in [0.05, 0.1) is 0 Å². The first-order valence-electron chi connectivity index (χ1n) is 5.53. The highest BCUT2D eigenvalue weighted by atomic mass is 32.2. The van der Waals surface area contributed by atoms with Crippen LogP contribution < -0.4 is 9.83 Å². The van der Waals surface area contributed by atoms with E-state index in [9.17, 15) is 9.90 Å². The Kier molecular flexibility index (Phi) is 2.92. The molecule has 96 valence electrons. The molecule has 0 aliphatic rings. The van der Waals surface area contributed by atoms with E-state index in [1.807, 2.05) is 30.3 Å². The molecule has 0 unspecified atom stereocenters. The summed E-state index contributed by atoms with van der Waals surface area (Å²) in [4.78, 5) is 11.7. The SMILES string of the molecule is CC(=O)Nc1n[n+]2c(O)c(-c3ccccc3)sc2s1. The molecular formula is C12H10N3O2S2+. The van der Waals surface area contributed by atoms with Crippen molar-refractivity contribution >= 4 is 37.9 Å². The van der Waals surface area contributed by atoms with Gasteiger partial charge in [-0.2, -0.15) is 0 Å². The molecule has 0 fully saturated rings. The van der Waals surface area contributed by atoms with Gasteiger partial charge in [-0.1, -0.05) is 30.3 Å². The second-order valence-electron chi connectivity index (χ2n) is 3.89. The van der Waals surface area contributed by atoms with E-state index < -0.39 is 0 Å². The minimum absolute atomic E-state index is 0.0963. The first-order chi connectivity index (χ1) is 9.15. The van der Waals surface area contributed by atoms with Gasteiger partial charge in [0, 0.05) is 22.1 Å². The monoisotopic (exact) mass is 292 g/mol. The third-order valence-corrected chi connectivity index (χ3v) is 4.65. The van der Waals surface area contributed by atoms with Crippen LogP contribution in [-0.4, -0.2) is 16.1 Å². The second kappa shape index (κ2) is 4.60. The van der Waals surface area contributed by atoms with E-state index in [1.165, 1.54) is 34.1 Å². The summed E-state index contributed by atoms with van der Waals surface area (Å²) >= 11 is 2.78. The van der Waals surface area contributed by atoms with Crippen LogP contribution in [0, 0.1) is 0 Å². The van der Waals surface area contributed by atoms with Gasteiger partial charge in [0.2, 0.25) is 5.91 Å². The molecule has 0 bridgehead atoms. The van der Waals surface area contributed by atoms with Crippen LogP contribution in [0.4, 0.5) is 5.13 Å². The van der Waals surface area contributed by atoms with E-state index in [2.05, 4.69) is 10.4 Å². The molecule has 2 heterocycles. The number of benzene rings is 1. The number of carbonyl (C=O) groups excluding carboxylic acids is 1. The molecule has 0 spiro atoms. The molecule has 1 amide bonds. The lowest BCUT2D eigenvalue weighted by molar-refractivity contribution is -0.578. The summed E-state index contributed by atoms with van der Waals surface area (Å²) < 4.78 is 2.27. The highest BCUT2D eigenvalue weighted by molar-refractivity contribution is 7.38. The standard InChI is InChI=1S/C12H9N3O2S2/c1-7(16)13-11-14-15-10(17)9(18-12(15)19-11)8-5-3-2-4-6-8/h2-6H,1H3,(H-,13,14,16,17)/p+1. The molecule has 3 rings (SSSR count). The highest BCUT2D eigenvalue weighted by Gasteiger charge is 2.27. The molecule has 5 nitrogen and oxygen atoms in total. The molecule has 1 aromatic carbocycles. The predicted molar refractivity (Wildman–Crippen MR) is 74.6 cm³/mol. The Balaban J connectivity index is 2.08. The Morgan fingerprint density at radius 2 is 2.05 bits per heavy atom. The minimum atomic E-state index is -0.176. The van der Waals surface area contributed by atoms with Crippen molar-refractivity contribution in [2.75, 3.05) is 5.32 Å². The zero-order valence-corrected chi connectivity index (χ0v) is 11.6. The molecule has 19 heavy (non-hydrogen) atoms. The predicted octanol–water partition coefficient (Wildman–Crippen LogP) is 2.27. The van der Waals surface area contributed by atoms with Crippen molar-refractivity contribution in [1.29, 1.82) is 0 Å². The summed E-state index contributed by atoms with van der Waals surface area (Å²) in [7, 11) is 0. The Hall–Kier alpha value is -1.99. The maximum absolute atomic E-state index is 11.0. The number of amides is 1. The van der Waals surface area contributed by atoms with Crippen LogP contribution in [-0.2, 0) is 4.79 Å². The number of nitrogens with zero attached hydrogens (tertiary/aromatic N) is 2. The maximum atomic E-state index is 11.0. The van der Waals surface area contributed by atoms with Crippen LogP contribution in [0.5, 0.6) is 5.88 Å². The van der Waals surface area contributed by atoms with E-state index in [0.717, 1.165) is 14.6 Å². The van der Waals surface area contributed by atoms with Gasteiger partial charge in [0.1, 0.15) is 0 Å². The van der Waals surface area contributed by atoms with Crippen LogP contribution in [0.15, 0.2) is 30.3 Å². The van der Waals surface area contributed by atoms with Gasteiger partial charge in [-0.05, 0) is 22.7 Å². The summed E-state index contributed by atoms with van der Waals surface area (Å²) in [6.07, 6.45) is 0. The number of carbonyl (C=O) groups is 1. The summed E-state index contributed by atoms with van der Waals surface area (Å²) in [5.41, 5.74) is 0.948. The second-order valence-corrected chi connectivity index (χ2v) is 6.12. The number of thiazole rings is 1. The summed E-state index contributed by atoms with van der Waals surface area (Å²) in [5, 5.41) is 17.4. The zero-order chi connectivity index (χ0) is 13.4. The summed E-state index contributed by atoms with van der Waals surface area (Å²) in [5.74, 6) is -0.0798. The average Bonchev–Trinajstić information content (AvgIpc) is 2.90. The first kappa shape index (κ1) is 12.1. The van der Waals surface area contributed by atoms with Crippen molar-refractivity contribution in [3.63, 3.8) is 0 Å². The van der Waals surface area contributed by atoms with E-state index in [-0.39, 0.29) is 11.8 Å². The fourth-order valence-corrected chi connectivity index (χ4v) is 3.85. The smallest absolute Gasteiger partial charge is 0.417 e. The number of aromatic nitrogens is 2. The Labute approximate surface area is 116 Å². The number of fused-ring (bicyclic) bond motifs is 1. The molecule has 0 saturated carbocycles. The largest absolute Gasteiger partial charge is 0.457 e. The molecule has 0 aliphatic carbocycles. The van der Waals surface area contributed by atoms with Gasteiger partial charge in [-0.15, -0.1) is 0 Å². The van der Waals surface area contributed by atoms with Gasteiger partial charge in [0.15, 0.2) is 4.88 Å². The number of hydrogen-bond donors (Lipinski definition) is 2. The van der Waals surface area contributed by atoms with Crippen LogP contribution >= 0.6 is 22.7 Å². The molecular weight excluding hydrogens is 282 g/mol. The van der Waals surface area contributed by atoms with Crippen molar-refractivity contribution in [3.8, 4) is 16.3 Å². The van der Waals surface area contributed by atoms with Crippen molar-refractivity contribution in [2.45, 2.75) is 6.92 Å². The molecule has 0 saturated heterocycles. The molecule has 0 radical (unpaired) electrons. The van der Waals surface area contributed by atoms with E-state index >= 15 is 0 Å². The van der Waals surface area contributed by atoms with Crippen molar-refractivity contribution < 1.29 is 14.4 Å². The quantitative estimate of drug-likeness (QED) is 0.712. The van der Waals surface area contributed by atoms with Crippen molar-refractivity contribution in [2.24, 2.45) is 0 Å². The Bertz CT molecular complexity index is 749. The van der Waals surface area contributed by atoms with E-state index in [1.54, 1.807) is 0 Å². The number of rotatable bonds is 2. The Morgan fingerprint density at radius 1 is 1.32 bits per heavy atom. The maximum Gasteiger partial charge on any atom is 0.417 e. The molecule has 2 N–H and O–H groups in total. The molecule has 2 aromatic heterocycles. The van der Waals surface area contributed by atoms with Gasteiger partial charge >= 0.3 is 10.0 Å². The number of aromatic hydroxyl groups is 1. The lowest BCUT2D eigenvalue weighted by atomic mass is 10.2. The molecule has 0 aliphatic heterocycles. The van der Waals surface area contributed by atoms with Crippen molar-refractivity contribution in [3.05, 3.63) is 30.3 Å². The van der Waals surface area contributed by atoms with Gasteiger partial charge in [0.25, 0.3) is 5.13 Å². The summed E-state index contributed by atoms with van der Waals surface area (Å²) in [6.45, 7) is 1.43. The van der Waals surface area contributed by atoms with Crippen LogP contribution in [0.3, 0.4) is 0 Å². The van der Waals surface area contributed by atoms with Gasteiger partial charge in [-0.25, -0.2) is 0 Å². The highest BCUT2D eigenvalue weighted by Crippen LogP contribution is 2.36. The average molecular weight is 292 g/mol. The lowest BCUT2D eigenvalue weighted by Crippen LogP contribution is -2.21. The van der Waals surface area contributed by atoms with Gasteiger partial charge < -0.3 is 5.11 Å². The zero-order valence-electron chi connectivity index (χ0n) is 9.95. The number of nitrogens with one attached hydrogen (secondary N) is 1. The number of anilines is 1. The molecule has 3 aromatic rings. The van der Waals surface area contributed by atoms with Gasteiger partial charge in [-0.3, -0.25) is 10.1 Å². The normalized spacial score (nSPS) is 10.8. The van der Waals surface area contributed by atoms with Crippen molar-refractivity contribution in [1.82, 2.24) is 5.10 Å². The fourth-order valence-electron chi connectivity index (χ4n) is 1.68. The lowest BCUT2D eigenvalue weighted by Gasteiger charge is -1.92. The van der Waals surface area contributed by atoms with E-state index in [4.69, 9.17) is 0 Å². The van der Waals surface area contributed by atoms with Crippen LogP contribution in [0.2, 0.25) is 0 Å². The van der Waals surface area contributed by atoms with E-state index in [0.29, 0.717) is 5.13 Å². The Morgan fingerprint density at radius 3 is 2.68 bits per heavy atom. The topological polar surface area (TPSA) is 66.3 Å². The molecule has 7 heteroatoms. The molecule has 0 atom stereocenters. The third kappa shape index (κ3) is 2.18. The first-order valence-corrected chi connectivity index (χ1v) is 7.16. The fraction of sp³-hybridized carbons (Fsp3) is 0.0833. The van der Waals surface area contributed by atoms with Crippen LogP contribution in [0.25, 0.3) is 14.6 Å². The number of hydrogen-bond acceptors (Lipinski definition) is 5. The van der Waals surface area contributed by atoms with Crippen LogP contribution in [0.1, 0.15) is 6.92 Å².